The van der Waals surface area contributed by atoms with E-state index in [0.717, 1.165) is 6.07 Å². The first-order valence-corrected chi connectivity index (χ1v) is 7.62. The average molecular weight is 354 g/mol. The fourth-order valence-electron chi connectivity index (χ4n) is 1.95. The number of nitrogens with zero attached hydrogens (tertiary/aromatic N) is 1. The normalized spacial score (nSPS) is 11.7. The molecule has 0 aliphatic heterocycles. The molecule has 1 N–H and O–H groups in total. The van der Waals surface area contributed by atoms with Gasteiger partial charge in [0.25, 0.3) is 11.6 Å². The highest BCUT2D eigenvalue weighted by Crippen LogP contribution is 2.29. The number of carbonyl (C=O) groups is 2. The van der Waals surface area contributed by atoms with Crippen LogP contribution in [-0.2, 0) is 4.79 Å². The maximum absolute atomic E-state index is 12.1. The minimum Gasteiger partial charge on any atom is -0.550 e. The highest BCUT2D eigenvalue weighted by atomic mass is 35.5. The quantitative estimate of drug-likeness (QED) is 0.629. The van der Waals surface area contributed by atoms with Crippen molar-refractivity contribution in [2.45, 2.75) is 12.5 Å². The second-order valence-corrected chi connectivity index (χ2v) is 5.90. The summed E-state index contributed by atoms with van der Waals surface area (Å²) >= 11 is 7.19. The van der Waals surface area contributed by atoms with E-state index < -0.39 is 29.3 Å². The van der Waals surface area contributed by atoms with Gasteiger partial charge >= 0.3 is 0 Å². The number of rotatable bonds is 6. The highest BCUT2D eigenvalue weighted by molar-refractivity contribution is 7.12. The summed E-state index contributed by atoms with van der Waals surface area (Å²) < 4.78 is 0. The molecular formula is C14H10ClN2O5S-. The summed E-state index contributed by atoms with van der Waals surface area (Å²) in [5, 5.41) is 26.1. The summed E-state index contributed by atoms with van der Waals surface area (Å²) in [6, 6.07) is 5.84. The Morgan fingerprint density at radius 2 is 2.09 bits per heavy atom. The number of nitro benzene ring substituents is 1. The van der Waals surface area contributed by atoms with Gasteiger partial charge < -0.3 is 15.2 Å². The number of thiophene rings is 1. The highest BCUT2D eigenvalue weighted by Gasteiger charge is 2.21. The van der Waals surface area contributed by atoms with Crippen molar-refractivity contribution in [2.24, 2.45) is 0 Å². The van der Waals surface area contributed by atoms with E-state index in [9.17, 15) is 24.8 Å². The van der Waals surface area contributed by atoms with Crippen LogP contribution in [0.4, 0.5) is 5.69 Å². The molecule has 23 heavy (non-hydrogen) atoms. The minimum atomic E-state index is -1.41. The number of aliphatic carboxylic acids is 1. The number of nitro groups is 1. The summed E-state index contributed by atoms with van der Waals surface area (Å²) in [4.78, 5) is 33.7. The molecule has 1 aromatic heterocycles. The van der Waals surface area contributed by atoms with Gasteiger partial charge in [0.15, 0.2) is 0 Å². The van der Waals surface area contributed by atoms with Crippen molar-refractivity contribution in [2.75, 3.05) is 0 Å². The number of hydrogen-bond acceptors (Lipinski definition) is 6. The summed E-state index contributed by atoms with van der Waals surface area (Å²) in [6.45, 7) is 0. The van der Waals surface area contributed by atoms with E-state index in [1.165, 1.54) is 23.5 Å². The lowest BCUT2D eigenvalue weighted by Crippen LogP contribution is -2.34. The van der Waals surface area contributed by atoms with Gasteiger partial charge in [0.05, 0.1) is 15.8 Å². The summed E-state index contributed by atoms with van der Waals surface area (Å²) in [5.74, 6) is -1.90. The number of carbonyl (C=O) groups excluding carboxylic acids is 2. The van der Waals surface area contributed by atoms with E-state index in [1.54, 1.807) is 17.5 Å². The van der Waals surface area contributed by atoms with Gasteiger partial charge in [-0.2, -0.15) is 0 Å². The average Bonchev–Trinajstić information content (AvgIpc) is 3.00. The van der Waals surface area contributed by atoms with Crippen molar-refractivity contribution in [1.82, 2.24) is 5.32 Å². The van der Waals surface area contributed by atoms with Gasteiger partial charge in [-0.1, -0.05) is 17.7 Å². The van der Waals surface area contributed by atoms with E-state index in [4.69, 9.17) is 11.6 Å². The molecule has 0 saturated carbocycles. The fraction of sp³-hybridized carbons (Fsp3) is 0.143. The minimum absolute atomic E-state index is 0.119. The first-order valence-electron chi connectivity index (χ1n) is 6.36. The Morgan fingerprint density at radius 3 is 2.65 bits per heavy atom. The molecule has 0 radical (unpaired) electrons. The van der Waals surface area contributed by atoms with E-state index in [2.05, 4.69) is 5.32 Å². The molecular weight excluding hydrogens is 344 g/mol. The van der Waals surface area contributed by atoms with Crippen LogP contribution in [0, 0.1) is 10.1 Å². The van der Waals surface area contributed by atoms with Gasteiger partial charge in [-0.05, 0) is 17.5 Å². The van der Waals surface area contributed by atoms with Crippen LogP contribution in [0.3, 0.4) is 0 Å². The van der Waals surface area contributed by atoms with Crippen LogP contribution in [0.15, 0.2) is 35.7 Å². The number of amides is 1. The zero-order valence-electron chi connectivity index (χ0n) is 11.5. The molecule has 1 aromatic carbocycles. The van der Waals surface area contributed by atoms with Gasteiger partial charge in [-0.15, -0.1) is 11.3 Å². The number of nitrogens with one attached hydrogen (secondary N) is 1. The standard InChI is InChI=1S/C14H11ClN2O5S/c15-10-4-3-8(17(21)22)6-9(10)11(7-13(18)19)16-14(20)12-2-1-5-23-12/h1-6,11H,7H2,(H,16,20)(H,18,19)/p-1/t11-/m1/s1. The van der Waals surface area contributed by atoms with Crippen molar-refractivity contribution in [3.63, 3.8) is 0 Å². The van der Waals surface area contributed by atoms with Gasteiger partial charge in [0, 0.05) is 35.1 Å². The van der Waals surface area contributed by atoms with Crippen molar-refractivity contribution < 1.29 is 19.6 Å². The van der Waals surface area contributed by atoms with Crippen LogP contribution in [0.2, 0.25) is 5.02 Å². The lowest BCUT2D eigenvalue weighted by atomic mass is 10.0. The van der Waals surface area contributed by atoms with Crippen LogP contribution in [0.25, 0.3) is 0 Å². The van der Waals surface area contributed by atoms with Gasteiger partial charge in [-0.25, -0.2) is 0 Å². The molecule has 2 rings (SSSR count). The third-order valence-electron chi connectivity index (χ3n) is 2.99. The SMILES string of the molecule is O=C([O-])C[C@@H](NC(=O)c1cccs1)c1cc([N+](=O)[O-])ccc1Cl. The van der Waals surface area contributed by atoms with E-state index >= 15 is 0 Å². The van der Waals surface area contributed by atoms with Crippen molar-refractivity contribution in [1.29, 1.82) is 0 Å². The van der Waals surface area contributed by atoms with Crippen LogP contribution >= 0.6 is 22.9 Å². The molecule has 0 aliphatic rings. The monoisotopic (exact) mass is 353 g/mol. The molecule has 9 heteroatoms. The number of halogens is 1. The first-order chi connectivity index (χ1) is 10.9. The third-order valence-corrected chi connectivity index (χ3v) is 4.20. The Balaban J connectivity index is 2.34. The van der Waals surface area contributed by atoms with Crippen molar-refractivity contribution in [3.05, 3.63) is 61.3 Å². The van der Waals surface area contributed by atoms with Crippen molar-refractivity contribution >= 4 is 40.5 Å². The number of carboxylic acids is 1. The Hall–Kier alpha value is -2.45. The van der Waals surface area contributed by atoms with Crippen LogP contribution in [0.5, 0.6) is 0 Å². The maximum atomic E-state index is 12.1. The second kappa shape index (κ2) is 7.21. The summed E-state index contributed by atoms with van der Waals surface area (Å²) in [5.41, 5.74) is -0.104. The molecule has 0 bridgehead atoms. The molecule has 0 aliphatic carbocycles. The largest absolute Gasteiger partial charge is 0.550 e. The number of hydrogen-bond donors (Lipinski definition) is 1. The Morgan fingerprint density at radius 1 is 1.35 bits per heavy atom. The number of non-ortho nitro benzene ring substituents is 1. The molecule has 120 valence electrons. The molecule has 0 unspecified atom stereocenters. The van der Waals surface area contributed by atoms with E-state index in [-0.39, 0.29) is 16.3 Å². The topological polar surface area (TPSA) is 112 Å². The molecule has 1 amide bonds. The zero-order valence-corrected chi connectivity index (χ0v) is 13.1. The predicted octanol–water partition coefficient (Wildman–Crippen LogP) is 1.92. The van der Waals surface area contributed by atoms with Gasteiger partial charge in [0.1, 0.15) is 0 Å². The third kappa shape index (κ3) is 4.27. The molecule has 1 heterocycles. The number of benzene rings is 1. The Bertz CT molecular complexity index is 748. The van der Waals surface area contributed by atoms with Gasteiger partial charge in [-0.3, -0.25) is 14.9 Å². The predicted molar refractivity (Wildman–Crippen MR) is 82.3 cm³/mol. The maximum Gasteiger partial charge on any atom is 0.269 e. The van der Waals surface area contributed by atoms with Crippen LogP contribution in [0.1, 0.15) is 27.7 Å². The first kappa shape index (κ1) is 16.9. The number of carboxylic acid groups (broad SMARTS) is 1. The summed E-state index contributed by atoms with van der Waals surface area (Å²) in [7, 11) is 0. The van der Waals surface area contributed by atoms with Crippen molar-refractivity contribution in [3.8, 4) is 0 Å². The zero-order chi connectivity index (χ0) is 17.0. The van der Waals surface area contributed by atoms with Crippen LogP contribution in [-0.4, -0.2) is 16.8 Å². The lowest BCUT2D eigenvalue weighted by molar-refractivity contribution is -0.385. The molecule has 0 saturated heterocycles. The van der Waals surface area contributed by atoms with E-state index in [0.29, 0.717) is 4.88 Å². The second-order valence-electron chi connectivity index (χ2n) is 4.54. The molecule has 0 spiro atoms. The van der Waals surface area contributed by atoms with E-state index in [1.807, 2.05) is 0 Å². The van der Waals surface area contributed by atoms with Crippen LogP contribution < -0.4 is 10.4 Å². The molecule has 2 aromatic rings. The smallest absolute Gasteiger partial charge is 0.269 e. The molecule has 1 atom stereocenters. The lowest BCUT2D eigenvalue weighted by Gasteiger charge is -2.20. The Kier molecular flexibility index (Phi) is 5.30. The fourth-order valence-corrected chi connectivity index (χ4v) is 2.83. The van der Waals surface area contributed by atoms with Gasteiger partial charge in [0.2, 0.25) is 0 Å². The molecule has 7 nitrogen and oxygen atoms in total. The Labute approximate surface area is 139 Å². The molecule has 0 fully saturated rings. The summed E-state index contributed by atoms with van der Waals surface area (Å²) in [6.07, 6.45) is -0.558.